The van der Waals surface area contributed by atoms with Gasteiger partial charge in [0.25, 0.3) is 0 Å². The second-order valence-electron chi connectivity index (χ2n) is 5.26. The van der Waals surface area contributed by atoms with E-state index in [9.17, 15) is 4.79 Å². The van der Waals surface area contributed by atoms with Crippen LogP contribution in [0.4, 0.5) is 4.79 Å². The quantitative estimate of drug-likeness (QED) is 0.892. The number of hydrogen-bond donors (Lipinski definition) is 2. The Morgan fingerprint density at radius 3 is 2.75 bits per heavy atom. The van der Waals surface area contributed by atoms with Crippen LogP contribution in [-0.4, -0.2) is 32.3 Å². The maximum Gasteiger partial charge on any atom is 0.407 e. The molecule has 2 rings (SSSR count). The van der Waals surface area contributed by atoms with Crippen molar-refractivity contribution < 1.29 is 9.53 Å². The van der Waals surface area contributed by atoms with E-state index < -0.39 is 11.7 Å². The minimum absolute atomic E-state index is 0.339. The van der Waals surface area contributed by atoms with Crippen LogP contribution in [-0.2, 0) is 11.3 Å². The maximum absolute atomic E-state index is 11.6. The molecule has 0 saturated carbocycles. The van der Waals surface area contributed by atoms with Crippen molar-refractivity contribution >= 4 is 6.09 Å². The Hall–Kier alpha value is -2.44. The summed E-state index contributed by atoms with van der Waals surface area (Å²) in [7, 11) is 0. The van der Waals surface area contributed by atoms with E-state index >= 15 is 0 Å². The molecule has 0 spiro atoms. The number of aromatic nitrogens is 4. The number of hydrogen-bond acceptors (Lipinski definition) is 5. The molecule has 1 aromatic carbocycles. The number of H-pyrrole nitrogens is 1. The van der Waals surface area contributed by atoms with Crippen molar-refractivity contribution in [3.05, 3.63) is 29.8 Å². The number of alkyl carbamates (subject to hydrolysis) is 1. The van der Waals surface area contributed by atoms with Gasteiger partial charge >= 0.3 is 6.09 Å². The molecule has 0 radical (unpaired) electrons. The van der Waals surface area contributed by atoms with Crippen LogP contribution in [0.25, 0.3) is 11.4 Å². The Morgan fingerprint density at radius 1 is 1.35 bits per heavy atom. The summed E-state index contributed by atoms with van der Waals surface area (Å²) >= 11 is 0. The molecule has 1 heterocycles. The number of benzene rings is 1. The molecule has 0 atom stereocenters. The Kier molecular flexibility index (Phi) is 3.97. The zero-order valence-corrected chi connectivity index (χ0v) is 11.7. The topological polar surface area (TPSA) is 92.8 Å². The van der Waals surface area contributed by atoms with Crippen LogP contribution in [0.5, 0.6) is 0 Å². The van der Waals surface area contributed by atoms with Crippen LogP contribution < -0.4 is 5.32 Å². The highest BCUT2D eigenvalue weighted by Gasteiger charge is 2.16. The second-order valence-corrected chi connectivity index (χ2v) is 5.26. The highest BCUT2D eigenvalue weighted by molar-refractivity contribution is 5.68. The molecule has 0 aliphatic heterocycles. The lowest BCUT2D eigenvalue weighted by molar-refractivity contribution is 0.0523. The van der Waals surface area contributed by atoms with Crippen LogP contribution in [0, 0.1) is 0 Å². The first-order valence-electron chi connectivity index (χ1n) is 6.24. The predicted molar refractivity (Wildman–Crippen MR) is 72.7 cm³/mol. The van der Waals surface area contributed by atoms with E-state index in [-0.39, 0.29) is 0 Å². The normalized spacial score (nSPS) is 11.2. The Balaban J connectivity index is 2.06. The van der Waals surface area contributed by atoms with Gasteiger partial charge in [-0.1, -0.05) is 24.3 Å². The van der Waals surface area contributed by atoms with Gasteiger partial charge in [-0.3, -0.25) is 0 Å². The van der Waals surface area contributed by atoms with Crippen LogP contribution in [0.3, 0.4) is 0 Å². The smallest absolute Gasteiger partial charge is 0.407 e. The van der Waals surface area contributed by atoms with Gasteiger partial charge in [-0.05, 0) is 36.8 Å². The van der Waals surface area contributed by atoms with Gasteiger partial charge in [-0.25, -0.2) is 9.89 Å². The number of carbonyl (C=O) groups is 1. The van der Waals surface area contributed by atoms with Gasteiger partial charge in [0.2, 0.25) is 0 Å². The van der Waals surface area contributed by atoms with Crippen LogP contribution in [0.15, 0.2) is 24.3 Å². The predicted octanol–water partition coefficient (Wildman–Crippen LogP) is 1.89. The van der Waals surface area contributed by atoms with E-state index in [1.165, 1.54) is 0 Å². The van der Waals surface area contributed by atoms with Crippen LogP contribution >= 0.6 is 0 Å². The molecule has 0 bridgehead atoms. The van der Waals surface area contributed by atoms with Crippen molar-refractivity contribution in [2.75, 3.05) is 0 Å². The van der Waals surface area contributed by atoms with E-state index in [0.29, 0.717) is 12.4 Å². The summed E-state index contributed by atoms with van der Waals surface area (Å²) in [5, 5.41) is 16.4. The summed E-state index contributed by atoms with van der Waals surface area (Å²) in [6.45, 7) is 5.80. The molecule has 0 aliphatic carbocycles. The van der Waals surface area contributed by atoms with E-state index in [1.807, 2.05) is 45.0 Å². The minimum Gasteiger partial charge on any atom is -0.444 e. The van der Waals surface area contributed by atoms with Crippen molar-refractivity contribution in [2.45, 2.75) is 32.9 Å². The first-order chi connectivity index (χ1) is 9.46. The van der Waals surface area contributed by atoms with Crippen molar-refractivity contribution in [3.63, 3.8) is 0 Å². The Labute approximate surface area is 116 Å². The van der Waals surface area contributed by atoms with Crippen LogP contribution in [0.1, 0.15) is 26.3 Å². The standard InChI is InChI=1S/C13H17N5O2/c1-13(2,3)20-12(19)14-8-9-6-4-5-7-10(9)11-15-17-18-16-11/h4-7H,8H2,1-3H3,(H,14,19)(H,15,16,17,18). The number of aromatic amines is 1. The van der Waals surface area contributed by atoms with Gasteiger partial charge in [-0.2, -0.15) is 0 Å². The maximum atomic E-state index is 11.6. The van der Waals surface area contributed by atoms with Gasteiger partial charge < -0.3 is 10.1 Å². The average Bonchev–Trinajstić information content (AvgIpc) is 2.88. The fourth-order valence-electron chi connectivity index (χ4n) is 1.66. The molecular weight excluding hydrogens is 258 g/mol. The summed E-state index contributed by atoms with van der Waals surface area (Å²) in [4.78, 5) is 11.6. The van der Waals surface area contributed by atoms with Crippen molar-refractivity contribution in [1.29, 1.82) is 0 Å². The number of amides is 1. The SMILES string of the molecule is CC(C)(C)OC(=O)NCc1ccccc1-c1nnn[nH]1. The van der Waals surface area contributed by atoms with Gasteiger partial charge in [0, 0.05) is 12.1 Å². The molecule has 1 amide bonds. The van der Waals surface area contributed by atoms with Crippen molar-refractivity contribution in [2.24, 2.45) is 0 Å². The van der Waals surface area contributed by atoms with Crippen molar-refractivity contribution in [1.82, 2.24) is 25.9 Å². The minimum atomic E-state index is -0.515. The Bertz CT molecular complexity index is 575. The molecule has 0 saturated heterocycles. The van der Waals surface area contributed by atoms with Gasteiger partial charge in [-0.15, -0.1) is 5.10 Å². The average molecular weight is 275 g/mol. The fraction of sp³-hybridized carbons (Fsp3) is 0.385. The number of ether oxygens (including phenoxy) is 1. The molecule has 7 heteroatoms. The van der Waals surface area contributed by atoms with E-state index in [2.05, 4.69) is 25.9 Å². The highest BCUT2D eigenvalue weighted by atomic mass is 16.6. The fourth-order valence-corrected chi connectivity index (χ4v) is 1.66. The zero-order chi connectivity index (χ0) is 14.6. The summed E-state index contributed by atoms with van der Waals surface area (Å²) < 4.78 is 5.19. The van der Waals surface area contributed by atoms with Gasteiger partial charge in [0.15, 0.2) is 5.82 Å². The van der Waals surface area contributed by atoms with Gasteiger partial charge in [0.05, 0.1) is 0 Å². The summed E-state index contributed by atoms with van der Waals surface area (Å²) in [5.41, 5.74) is 1.23. The lowest BCUT2D eigenvalue weighted by atomic mass is 10.1. The first-order valence-corrected chi connectivity index (χ1v) is 6.24. The molecule has 0 fully saturated rings. The molecule has 0 unspecified atom stereocenters. The van der Waals surface area contributed by atoms with Crippen LogP contribution in [0.2, 0.25) is 0 Å². The molecular formula is C13H17N5O2. The molecule has 20 heavy (non-hydrogen) atoms. The third-order valence-corrected chi connectivity index (χ3v) is 2.44. The number of carbonyl (C=O) groups excluding carboxylic acids is 1. The first kappa shape index (κ1) is 14.0. The third kappa shape index (κ3) is 3.78. The summed E-state index contributed by atoms with van der Waals surface area (Å²) in [6, 6.07) is 7.55. The lowest BCUT2D eigenvalue weighted by Crippen LogP contribution is -2.32. The van der Waals surface area contributed by atoms with E-state index in [0.717, 1.165) is 11.1 Å². The number of tetrazole rings is 1. The molecule has 106 valence electrons. The van der Waals surface area contributed by atoms with E-state index in [1.54, 1.807) is 0 Å². The summed E-state index contributed by atoms with van der Waals surface area (Å²) in [5.74, 6) is 0.562. The summed E-state index contributed by atoms with van der Waals surface area (Å²) in [6.07, 6.45) is -0.456. The molecule has 2 N–H and O–H groups in total. The largest absolute Gasteiger partial charge is 0.444 e. The lowest BCUT2D eigenvalue weighted by Gasteiger charge is -2.19. The third-order valence-electron chi connectivity index (χ3n) is 2.44. The number of rotatable bonds is 3. The molecule has 1 aromatic heterocycles. The highest BCUT2D eigenvalue weighted by Crippen LogP contribution is 2.18. The molecule has 2 aromatic rings. The molecule has 7 nitrogen and oxygen atoms in total. The monoisotopic (exact) mass is 275 g/mol. The molecule has 0 aliphatic rings. The number of nitrogens with zero attached hydrogens (tertiary/aromatic N) is 3. The number of nitrogens with one attached hydrogen (secondary N) is 2. The van der Waals surface area contributed by atoms with Crippen molar-refractivity contribution in [3.8, 4) is 11.4 Å². The second kappa shape index (κ2) is 5.68. The van der Waals surface area contributed by atoms with E-state index in [4.69, 9.17) is 4.74 Å². The van der Waals surface area contributed by atoms with Gasteiger partial charge in [0.1, 0.15) is 5.60 Å². The Morgan fingerprint density at radius 2 is 2.10 bits per heavy atom. The zero-order valence-electron chi connectivity index (χ0n) is 11.7.